The molecule has 0 radical (unpaired) electrons. The molecule has 13 heteroatoms. The van der Waals surface area contributed by atoms with Gasteiger partial charge in [-0.3, -0.25) is 4.79 Å². The Hall–Kier alpha value is -3.64. The van der Waals surface area contributed by atoms with Crippen LogP contribution in [0.15, 0.2) is 42.5 Å². The number of nitrogens with one attached hydrogen (secondary N) is 3. The van der Waals surface area contributed by atoms with Crippen LogP contribution in [0.4, 0.5) is 42.5 Å². The Bertz CT molecular complexity index is 1080. The van der Waals surface area contributed by atoms with Crippen LogP contribution in [0.1, 0.15) is 38.2 Å². The van der Waals surface area contributed by atoms with Crippen LogP contribution in [-0.2, 0) is 11.0 Å². The molecule has 0 atom stereocenters. The van der Waals surface area contributed by atoms with Crippen molar-refractivity contribution in [1.82, 2.24) is 5.32 Å². The standard InChI is InChI=1S/C23H23F6N3O4/c1-13(33)30-19-11-14(22(24,25)26)5-10-20(19)35-17-8-6-15(7-9-17)31-21(34)32-16-3-2-4-18(12-16)36-23(27,28)29/h2-5,10-12,15,17H,6-9H2,1H3,(H,30,33)(H2,31,32,34). The molecule has 1 aliphatic rings. The molecule has 2 aromatic rings. The van der Waals surface area contributed by atoms with Crippen LogP contribution in [-0.4, -0.2) is 30.4 Å². The first-order valence-corrected chi connectivity index (χ1v) is 10.9. The van der Waals surface area contributed by atoms with Crippen molar-refractivity contribution in [2.75, 3.05) is 10.6 Å². The highest BCUT2D eigenvalue weighted by molar-refractivity contribution is 5.90. The van der Waals surface area contributed by atoms with Crippen molar-refractivity contribution in [3.05, 3.63) is 48.0 Å². The largest absolute Gasteiger partial charge is 0.573 e. The minimum Gasteiger partial charge on any atom is -0.488 e. The van der Waals surface area contributed by atoms with Crippen molar-refractivity contribution in [3.63, 3.8) is 0 Å². The molecule has 1 fully saturated rings. The average molecular weight is 519 g/mol. The number of urea groups is 1. The lowest BCUT2D eigenvalue weighted by atomic mass is 9.93. The third-order valence-electron chi connectivity index (χ3n) is 5.25. The highest BCUT2D eigenvalue weighted by Gasteiger charge is 2.32. The second-order valence-electron chi connectivity index (χ2n) is 8.16. The van der Waals surface area contributed by atoms with Gasteiger partial charge >= 0.3 is 18.6 Å². The van der Waals surface area contributed by atoms with Crippen LogP contribution in [0, 0.1) is 0 Å². The first-order valence-electron chi connectivity index (χ1n) is 10.9. The zero-order chi connectivity index (χ0) is 26.5. The number of carbonyl (C=O) groups is 2. The van der Waals surface area contributed by atoms with Gasteiger partial charge in [-0.15, -0.1) is 13.2 Å². The Morgan fingerprint density at radius 2 is 1.61 bits per heavy atom. The molecule has 1 aliphatic carbocycles. The molecule has 0 aliphatic heterocycles. The molecular formula is C23H23F6N3O4. The second-order valence-corrected chi connectivity index (χ2v) is 8.16. The van der Waals surface area contributed by atoms with E-state index in [4.69, 9.17) is 4.74 Å². The number of carbonyl (C=O) groups excluding carboxylic acids is 2. The fourth-order valence-electron chi connectivity index (χ4n) is 3.72. The average Bonchev–Trinajstić information content (AvgIpc) is 2.74. The van der Waals surface area contributed by atoms with Crippen molar-refractivity contribution < 1.29 is 45.4 Å². The van der Waals surface area contributed by atoms with Gasteiger partial charge in [-0.05, 0) is 56.0 Å². The van der Waals surface area contributed by atoms with Gasteiger partial charge in [0.15, 0.2) is 0 Å². The molecule has 0 unspecified atom stereocenters. The molecule has 3 amide bonds. The maximum atomic E-state index is 13.0. The van der Waals surface area contributed by atoms with Crippen molar-refractivity contribution in [1.29, 1.82) is 0 Å². The van der Waals surface area contributed by atoms with Crippen molar-refractivity contribution in [2.24, 2.45) is 0 Å². The summed E-state index contributed by atoms with van der Waals surface area (Å²) in [5.41, 5.74) is -0.902. The van der Waals surface area contributed by atoms with E-state index in [9.17, 15) is 35.9 Å². The topological polar surface area (TPSA) is 88.7 Å². The second kappa shape index (κ2) is 11.0. The van der Waals surface area contributed by atoms with Crippen molar-refractivity contribution in [2.45, 2.75) is 57.3 Å². The summed E-state index contributed by atoms with van der Waals surface area (Å²) in [7, 11) is 0. The summed E-state index contributed by atoms with van der Waals surface area (Å²) < 4.78 is 85.8. The van der Waals surface area contributed by atoms with Gasteiger partial charge in [0, 0.05) is 24.7 Å². The third-order valence-corrected chi connectivity index (χ3v) is 5.25. The Labute approximate surface area is 202 Å². The first-order chi connectivity index (χ1) is 16.8. The van der Waals surface area contributed by atoms with Gasteiger partial charge < -0.3 is 25.4 Å². The molecule has 0 bridgehead atoms. The minimum absolute atomic E-state index is 0.0892. The van der Waals surface area contributed by atoms with E-state index >= 15 is 0 Å². The van der Waals surface area contributed by atoms with Crippen LogP contribution in [0.3, 0.4) is 0 Å². The summed E-state index contributed by atoms with van der Waals surface area (Å²) in [5, 5.41) is 7.53. The van der Waals surface area contributed by atoms with Gasteiger partial charge in [0.2, 0.25) is 5.91 Å². The molecule has 36 heavy (non-hydrogen) atoms. The minimum atomic E-state index is -4.86. The van der Waals surface area contributed by atoms with E-state index in [0.29, 0.717) is 25.7 Å². The van der Waals surface area contributed by atoms with Gasteiger partial charge in [0.05, 0.1) is 17.4 Å². The zero-order valence-corrected chi connectivity index (χ0v) is 18.9. The molecule has 3 rings (SSSR count). The summed E-state index contributed by atoms with van der Waals surface area (Å²) in [6, 6.07) is 6.82. The number of halogens is 6. The van der Waals surface area contributed by atoms with E-state index in [1.807, 2.05) is 0 Å². The van der Waals surface area contributed by atoms with Gasteiger partial charge in [-0.1, -0.05) is 6.07 Å². The van der Waals surface area contributed by atoms with Crippen LogP contribution < -0.4 is 25.4 Å². The first kappa shape index (κ1) is 27.0. The monoisotopic (exact) mass is 519 g/mol. The maximum Gasteiger partial charge on any atom is 0.573 e. The number of alkyl halides is 6. The molecule has 0 saturated heterocycles. The zero-order valence-electron chi connectivity index (χ0n) is 18.9. The molecule has 0 aromatic heterocycles. The Kier molecular flexibility index (Phi) is 8.21. The predicted octanol–water partition coefficient (Wildman–Crippen LogP) is 6.07. The van der Waals surface area contributed by atoms with Crippen molar-refractivity contribution >= 4 is 23.3 Å². The van der Waals surface area contributed by atoms with Crippen LogP contribution in [0.25, 0.3) is 0 Å². The molecule has 3 N–H and O–H groups in total. The number of anilines is 2. The maximum absolute atomic E-state index is 13.0. The van der Waals surface area contributed by atoms with E-state index in [1.165, 1.54) is 19.1 Å². The fourth-order valence-corrected chi connectivity index (χ4v) is 3.72. The molecule has 0 spiro atoms. The lowest BCUT2D eigenvalue weighted by Gasteiger charge is -2.30. The third kappa shape index (κ3) is 8.24. The highest BCUT2D eigenvalue weighted by atomic mass is 19.4. The lowest BCUT2D eigenvalue weighted by Crippen LogP contribution is -2.41. The smallest absolute Gasteiger partial charge is 0.488 e. The predicted molar refractivity (Wildman–Crippen MR) is 118 cm³/mol. The number of ether oxygens (including phenoxy) is 2. The lowest BCUT2D eigenvalue weighted by molar-refractivity contribution is -0.274. The van der Waals surface area contributed by atoms with Crippen LogP contribution in [0.5, 0.6) is 11.5 Å². The fraction of sp³-hybridized carbons (Fsp3) is 0.391. The number of amides is 3. The van der Waals surface area contributed by atoms with E-state index in [0.717, 1.165) is 30.3 Å². The number of rotatable bonds is 6. The molecule has 7 nitrogen and oxygen atoms in total. The Balaban J connectivity index is 1.53. The Morgan fingerprint density at radius 3 is 2.22 bits per heavy atom. The molecule has 1 saturated carbocycles. The summed E-state index contributed by atoms with van der Waals surface area (Å²) in [5.74, 6) is -0.915. The van der Waals surface area contributed by atoms with Crippen LogP contribution in [0.2, 0.25) is 0 Å². The summed E-state index contributed by atoms with van der Waals surface area (Å²) in [6.45, 7) is 1.17. The van der Waals surface area contributed by atoms with E-state index in [1.54, 1.807) is 0 Å². The summed E-state index contributed by atoms with van der Waals surface area (Å²) >= 11 is 0. The van der Waals surface area contributed by atoms with Gasteiger partial charge in [-0.2, -0.15) is 13.2 Å². The summed E-state index contributed by atoms with van der Waals surface area (Å²) in [4.78, 5) is 23.7. The SMILES string of the molecule is CC(=O)Nc1cc(C(F)(F)F)ccc1OC1CCC(NC(=O)Nc2cccc(OC(F)(F)F)c2)CC1. The summed E-state index contributed by atoms with van der Waals surface area (Å²) in [6.07, 6.45) is -7.86. The van der Waals surface area contributed by atoms with Gasteiger partial charge in [0.1, 0.15) is 11.5 Å². The quantitative estimate of drug-likeness (QED) is 0.404. The molecule has 2 aromatic carbocycles. The highest BCUT2D eigenvalue weighted by Crippen LogP contribution is 2.36. The number of hydrogen-bond donors (Lipinski definition) is 3. The molecular weight excluding hydrogens is 496 g/mol. The van der Waals surface area contributed by atoms with Gasteiger partial charge in [0.25, 0.3) is 0 Å². The van der Waals surface area contributed by atoms with Crippen LogP contribution >= 0.6 is 0 Å². The van der Waals surface area contributed by atoms with E-state index < -0.39 is 35.8 Å². The molecule has 196 valence electrons. The Morgan fingerprint density at radius 1 is 0.917 bits per heavy atom. The van der Waals surface area contributed by atoms with Crippen molar-refractivity contribution in [3.8, 4) is 11.5 Å². The molecule has 0 heterocycles. The number of hydrogen-bond acceptors (Lipinski definition) is 4. The van der Waals surface area contributed by atoms with Gasteiger partial charge in [-0.25, -0.2) is 4.79 Å². The van der Waals surface area contributed by atoms with E-state index in [2.05, 4.69) is 20.7 Å². The normalized spacial score (nSPS) is 18.2. The van der Waals surface area contributed by atoms with E-state index in [-0.39, 0.29) is 29.3 Å². The number of benzene rings is 2.